The molecule has 280 valence electrons. The quantitative estimate of drug-likeness (QED) is 0.159. The van der Waals surface area contributed by atoms with Crippen molar-refractivity contribution in [3.05, 3.63) is 118 Å². The van der Waals surface area contributed by atoms with Gasteiger partial charge in [-0.25, -0.2) is 12.7 Å². The lowest BCUT2D eigenvalue weighted by Gasteiger charge is -2.17. The zero-order chi connectivity index (χ0) is 37.6. The Labute approximate surface area is 318 Å². The van der Waals surface area contributed by atoms with Crippen LogP contribution in [0.4, 0.5) is 0 Å². The van der Waals surface area contributed by atoms with Gasteiger partial charge < -0.3 is 14.4 Å². The number of rotatable bonds is 9. The van der Waals surface area contributed by atoms with Crippen molar-refractivity contribution in [2.45, 2.75) is 26.3 Å². The maximum atomic E-state index is 12.7. The third-order valence-corrected chi connectivity index (χ3v) is 9.84. The summed E-state index contributed by atoms with van der Waals surface area (Å²) in [6, 6.07) is 27.3. The number of methoxy groups -OCH3 is 2. The normalized spacial score (nSPS) is 10.7. The minimum Gasteiger partial charge on any atom is -0.497 e. The van der Waals surface area contributed by atoms with Crippen molar-refractivity contribution in [1.29, 1.82) is 0 Å². The van der Waals surface area contributed by atoms with Crippen molar-refractivity contribution >= 4 is 59.3 Å². The van der Waals surface area contributed by atoms with Crippen molar-refractivity contribution in [1.82, 2.24) is 28.8 Å². The molecule has 6 rings (SSSR count). The average Bonchev–Trinajstić information content (AvgIpc) is 3.66. The summed E-state index contributed by atoms with van der Waals surface area (Å²) in [7, 11) is 9.37. The minimum atomic E-state index is -3.42. The molecule has 0 saturated heterocycles. The van der Waals surface area contributed by atoms with Crippen molar-refractivity contribution in [3.8, 4) is 11.5 Å². The number of fused-ring (bicyclic) bond motifs is 2. The van der Waals surface area contributed by atoms with Crippen LogP contribution in [0.2, 0.25) is 0 Å². The zero-order valence-corrected chi connectivity index (χ0v) is 32.9. The molecule has 0 aliphatic carbocycles. The van der Waals surface area contributed by atoms with E-state index in [9.17, 15) is 8.42 Å². The maximum Gasteiger partial charge on any atom is 0.335 e. The summed E-state index contributed by atoms with van der Waals surface area (Å²) in [6.45, 7) is 1.30. The van der Waals surface area contributed by atoms with Gasteiger partial charge in [0.15, 0.2) is 0 Å². The Hall–Kier alpha value is -4.41. The summed E-state index contributed by atoms with van der Waals surface area (Å²) < 4.78 is 58.2. The highest BCUT2D eigenvalue weighted by atomic mass is 79.9. The fraction of sp³-hybridized carbons (Fsp3) is 0.297. The van der Waals surface area contributed by atoms with E-state index in [-0.39, 0.29) is 13.2 Å². The molecule has 0 atom stereocenters. The summed E-state index contributed by atoms with van der Waals surface area (Å²) in [6.07, 6.45) is 3.63. The molecule has 12 nitrogen and oxygen atoms in total. The van der Waals surface area contributed by atoms with Gasteiger partial charge in [-0.2, -0.15) is 18.6 Å². The molecule has 0 unspecified atom stereocenters. The van der Waals surface area contributed by atoms with E-state index in [0.29, 0.717) is 6.54 Å². The Bertz CT molecular complexity index is 2130. The first-order valence-electron chi connectivity index (χ1n) is 15.5. The van der Waals surface area contributed by atoms with Crippen LogP contribution >= 0.6 is 15.9 Å². The van der Waals surface area contributed by atoms with Crippen LogP contribution in [0.15, 0.2) is 102 Å². The summed E-state index contributed by atoms with van der Waals surface area (Å²) in [5.41, 5.74) is 5.05. The van der Waals surface area contributed by atoms with Gasteiger partial charge in [-0.1, -0.05) is 59.8 Å². The summed E-state index contributed by atoms with van der Waals surface area (Å²) in [5, 5.41) is 10.5. The lowest BCUT2D eigenvalue weighted by atomic mass is 10.2. The number of aromatic nitrogens is 4. The predicted molar refractivity (Wildman–Crippen MR) is 212 cm³/mol. The van der Waals surface area contributed by atoms with Crippen molar-refractivity contribution in [2.75, 3.05) is 35.4 Å². The highest BCUT2D eigenvalue weighted by molar-refractivity contribution is 9.10. The van der Waals surface area contributed by atoms with Crippen molar-refractivity contribution in [3.63, 3.8) is 0 Å². The molecule has 0 fully saturated rings. The molecular weight excluding hydrogens is 768 g/mol. The van der Waals surface area contributed by atoms with Crippen molar-refractivity contribution in [2.24, 2.45) is 14.1 Å². The first-order valence-corrected chi connectivity index (χ1v) is 18.6. The van der Waals surface area contributed by atoms with E-state index in [1.165, 1.54) is 15.3 Å². The second-order valence-electron chi connectivity index (χ2n) is 11.6. The largest absolute Gasteiger partial charge is 0.497 e. The van der Waals surface area contributed by atoms with Gasteiger partial charge in [-0.15, -0.1) is 0 Å². The van der Waals surface area contributed by atoms with Gasteiger partial charge in [0.05, 0.1) is 43.4 Å². The molecule has 0 N–H and O–H groups in total. The fourth-order valence-electron chi connectivity index (χ4n) is 4.92. The Morgan fingerprint density at radius 1 is 0.692 bits per heavy atom. The van der Waals surface area contributed by atoms with Crippen LogP contribution in [0.1, 0.15) is 24.1 Å². The highest BCUT2D eigenvalue weighted by Crippen LogP contribution is 2.20. The summed E-state index contributed by atoms with van der Waals surface area (Å²) >= 11 is 2.65. The van der Waals surface area contributed by atoms with Gasteiger partial charge in [0.2, 0.25) is 10.0 Å². The van der Waals surface area contributed by atoms with Crippen LogP contribution in [-0.2, 0) is 54.5 Å². The molecule has 0 aliphatic heterocycles. The Morgan fingerprint density at radius 2 is 1.17 bits per heavy atom. The van der Waals surface area contributed by atoms with Crippen LogP contribution in [0, 0.1) is 0 Å². The fourth-order valence-corrected chi connectivity index (χ4v) is 6.46. The topological polar surface area (TPSA) is 129 Å². The molecule has 6 aromatic rings. The monoisotopic (exact) mass is 814 g/mol. The van der Waals surface area contributed by atoms with Gasteiger partial charge in [0.25, 0.3) is 0 Å². The van der Waals surface area contributed by atoms with E-state index >= 15 is 0 Å². The Morgan fingerprint density at radius 3 is 1.69 bits per heavy atom. The number of benzene rings is 4. The van der Waals surface area contributed by atoms with Gasteiger partial charge in [-0.3, -0.25) is 9.36 Å². The lowest BCUT2D eigenvalue weighted by molar-refractivity contribution is 0.399. The SMILES string of the molecule is C.COc1ccc(CN(C)C)cc1.COc1ccc(CN(C)S(=O)(=O)Cc2ccc3cnn(C)c3c2)cc1.Cn1ncc2cc(Br)ccc21.O=S=O. The van der Waals surface area contributed by atoms with E-state index in [1.807, 2.05) is 91.7 Å². The second-order valence-corrected chi connectivity index (χ2v) is 14.8. The van der Waals surface area contributed by atoms with Crippen LogP contribution in [0.25, 0.3) is 21.8 Å². The van der Waals surface area contributed by atoms with E-state index in [2.05, 4.69) is 63.3 Å². The molecule has 2 heterocycles. The van der Waals surface area contributed by atoms with E-state index in [1.54, 1.807) is 32.1 Å². The molecule has 15 heteroatoms. The standard InChI is InChI=1S/C18H21N3O3S.C10H15NO.C8H7BrN2.CH4.O2S/c1-20(12-14-5-8-17(24-3)9-6-14)25(22,23)13-15-4-7-16-11-19-21(2)18(16)10-15;1-11(2)8-9-4-6-10(12-3)7-5-9;1-11-8-3-2-7(9)4-6(8)5-10-11;;1-3-2/h4-11H,12-13H2,1-3H3;4-7H,8H2,1-3H3;2-5H,1H3;1H4;. The summed E-state index contributed by atoms with van der Waals surface area (Å²) in [5.74, 6) is 1.62. The van der Waals surface area contributed by atoms with Gasteiger partial charge in [0.1, 0.15) is 11.5 Å². The van der Waals surface area contributed by atoms with E-state index in [0.717, 1.165) is 50.1 Å². The number of sulfonamides is 1. The molecule has 0 spiro atoms. The number of aryl methyl sites for hydroxylation is 2. The molecule has 0 radical (unpaired) electrons. The predicted octanol–water partition coefficient (Wildman–Crippen LogP) is 6.60. The van der Waals surface area contributed by atoms with Gasteiger partial charge >= 0.3 is 11.6 Å². The van der Waals surface area contributed by atoms with E-state index in [4.69, 9.17) is 17.9 Å². The van der Waals surface area contributed by atoms with E-state index < -0.39 is 21.6 Å². The first-order chi connectivity index (χ1) is 24.3. The number of halogens is 1. The van der Waals surface area contributed by atoms with Crippen LogP contribution in [0.3, 0.4) is 0 Å². The van der Waals surface area contributed by atoms with Crippen LogP contribution < -0.4 is 9.47 Å². The zero-order valence-electron chi connectivity index (χ0n) is 29.7. The molecule has 2 aromatic heterocycles. The lowest BCUT2D eigenvalue weighted by Crippen LogP contribution is -2.27. The minimum absolute atomic E-state index is 0. The van der Waals surface area contributed by atoms with Crippen LogP contribution in [0.5, 0.6) is 11.5 Å². The first kappa shape index (κ1) is 43.8. The average molecular weight is 816 g/mol. The van der Waals surface area contributed by atoms with Crippen molar-refractivity contribution < 1.29 is 26.3 Å². The Balaban J connectivity index is 0.000000289. The molecule has 52 heavy (non-hydrogen) atoms. The number of hydrogen-bond donors (Lipinski definition) is 0. The Kier molecular flexibility index (Phi) is 17.8. The second kappa shape index (κ2) is 21.2. The summed E-state index contributed by atoms with van der Waals surface area (Å²) in [4.78, 5) is 2.14. The third-order valence-electron chi connectivity index (χ3n) is 7.57. The number of hydrogen-bond acceptors (Lipinski definition) is 9. The molecule has 4 aromatic carbocycles. The van der Waals surface area contributed by atoms with Gasteiger partial charge in [-0.05, 0) is 79.3 Å². The van der Waals surface area contributed by atoms with Crippen LogP contribution in [-0.4, -0.2) is 81.0 Å². The molecular formula is C37H47BrN6O6S2. The number of nitrogens with zero attached hydrogens (tertiary/aromatic N) is 6. The third kappa shape index (κ3) is 13.3. The molecule has 0 saturated carbocycles. The molecule has 0 bridgehead atoms. The van der Waals surface area contributed by atoms with Gasteiger partial charge in [0, 0.05) is 49.5 Å². The highest BCUT2D eigenvalue weighted by Gasteiger charge is 2.19. The molecule has 0 aliphatic rings. The maximum absolute atomic E-state index is 12.7. The molecule has 0 amide bonds. The smallest absolute Gasteiger partial charge is 0.335 e. The number of ether oxygens (including phenoxy) is 2.